The van der Waals surface area contributed by atoms with Crippen LogP contribution in [0, 0.1) is 0 Å². The van der Waals surface area contributed by atoms with Crippen LogP contribution in [0.1, 0.15) is 42.6 Å². The first kappa shape index (κ1) is 17.8. The van der Waals surface area contributed by atoms with Crippen LogP contribution in [-0.2, 0) is 11.2 Å². The summed E-state index contributed by atoms with van der Waals surface area (Å²) in [5.41, 5.74) is 4.60. The van der Waals surface area contributed by atoms with E-state index in [1.54, 1.807) is 4.90 Å². The second-order valence-corrected chi connectivity index (χ2v) is 7.42. The number of nitrogens with one attached hydrogen (secondary N) is 1. The molecule has 0 aliphatic carbocycles. The molecule has 6 heteroatoms. The number of amides is 1. The standard InChI is InChI=1S/C21H26N4O2/c1-4-19(26)24-11-12-27-21-20-17(13-24)22-10-9-18(20)25(23-21)16-7-5-15(6-8-16)14(2)3/h4-8,14,17,22H,1,9-13H2,2-3H3/t17-/m0/s1. The molecule has 2 aliphatic heterocycles. The summed E-state index contributed by atoms with van der Waals surface area (Å²) in [4.78, 5) is 13.9. The minimum Gasteiger partial charge on any atom is -0.474 e. The summed E-state index contributed by atoms with van der Waals surface area (Å²) in [6, 6.07) is 8.59. The van der Waals surface area contributed by atoms with Gasteiger partial charge in [0.1, 0.15) is 6.61 Å². The number of aromatic nitrogens is 2. The molecule has 0 bridgehead atoms. The van der Waals surface area contributed by atoms with E-state index in [4.69, 9.17) is 9.84 Å². The van der Waals surface area contributed by atoms with Crippen LogP contribution in [0.3, 0.4) is 0 Å². The van der Waals surface area contributed by atoms with E-state index < -0.39 is 0 Å². The Morgan fingerprint density at radius 3 is 2.85 bits per heavy atom. The summed E-state index contributed by atoms with van der Waals surface area (Å²) in [6.07, 6.45) is 2.25. The van der Waals surface area contributed by atoms with E-state index in [9.17, 15) is 4.79 Å². The Balaban J connectivity index is 1.72. The van der Waals surface area contributed by atoms with Gasteiger partial charge in [-0.15, -0.1) is 5.10 Å². The number of ether oxygens (including phenoxy) is 1. The highest BCUT2D eigenvalue weighted by Crippen LogP contribution is 2.35. The van der Waals surface area contributed by atoms with Gasteiger partial charge in [0, 0.05) is 19.5 Å². The Morgan fingerprint density at radius 1 is 1.37 bits per heavy atom. The van der Waals surface area contributed by atoms with Crippen LogP contribution in [0.5, 0.6) is 5.88 Å². The Hall–Kier alpha value is -2.60. The predicted octanol–water partition coefficient (Wildman–Crippen LogP) is 2.59. The molecule has 2 aliphatic rings. The molecule has 3 heterocycles. The SMILES string of the molecule is C=CC(=O)N1CCOc2nn(-c3ccc(C(C)C)cc3)c3c2[C@H](C1)NCC3. The van der Waals surface area contributed by atoms with Crippen molar-refractivity contribution in [2.24, 2.45) is 0 Å². The minimum absolute atomic E-state index is 0.0247. The van der Waals surface area contributed by atoms with Crippen LogP contribution >= 0.6 is 0 Å². The normalized spacial score (nSPS) is 19.1. The van der Waals surface area contributed by atoms with Crippen molar-refractivity contribution >= 4 is 5.91 Å². The largest absolute Gasteiger partial charge is 0.474 e. The first-order chi connectivity index (χ1) is 13.1. The summed E-state index contributed by atoms with van der Waals surface area (Å²) >= 11 is 0. The third-order valence-electron chi connectivity index (χ3n) is 5.38. The van der Waals surface area contributed by atoms with E-state index in [2.05, 4.69) is 50.0 Å². The molecule has 1 aromatic heterocycles. The van der Waals surface area contributed by atoms with Crippen molar-refractivity contribution in [3.63, 3.8) is 0 Å². The maximum absolute atomic E-state index is 12.1. The van der Waals surface area contributed by atoms with Crippen LogP contribution in [0.2, 0.25) is 0 Å². The third kappa shape index (κ3) is 3.25. The van der Waals surface area contributed by atoms with Crippen molar-refractivity contribution in [3.8, 4) is 11.6 Å². The van der Waals surface area contributed by atoms with Crippen molar-refractivity contribution in [3.05, 3.63) is 53.7 Å². The topological polar surface area (TPSA) is 59.4 Å². The Bertz CT molecular complexity index is 854. The fourth-order valence-electron chi connectivity index (χ4n) is 3.87. The van der Waals surface area contributed by atoms with Crippen LogP contribution < -0.4 is 10.1 Å². The molecule has 1 amide bonds. The van der Waals surface area contributed by atoms with Gasteiger partial charge in [0.05, 0.1) is 29.5 Å². The lowest BCUT2D eigenvalue weighted by Gasteiger charge is -2.32. The zero-order valence-electron chi connectivity index (χ0n) is 15.9. The molecule has 1 atom stereocenters. The molecule has 1 aromatic carbocycles. The average Bonchev–Trinajstić information content (AvgIpc) is 3.04. The molecule has 0 fully saturated rings. The molecule has 0 saturated heterocycles. The molecular formula is C21H26N4O2. The second-order valence-electron chi connectivity index (χ2n) is 7.42. The summed E-state index contributed by atoms with van der Waals surface area (Å²) in [5.74, 6) is 1.12. The number of rotatable bonds is 3. The monoisotopic (exact) mass is 366 g/mol. The summed E-state index contributed by atoms with van der Waals surface area (Å²) < 4.78 is 7.97. The molecule has 0 spiro atoms. The lowest BCUT2D eigenvalue weighted by atomic mass is 9.99. The lowest BCUT2D eigenvalue weighted by Crippen LogP contribution is -2.44. The molecule has 1 N–H and O–H groups in total. The number of hydrogen-bond donors (Lipinski definition) is 1. The Labute approximate surface area is 159 Å². The molecule has 0 unspecified atom stereocenters. The average molecular weight is 366 g/mol. The van der Waals surface area contributed by atoms with Crippen molar-refractivity contribution in [2.75, 3.05) is 26.2 Å². The summed E-state index contributed by atoms with van der Waals surface area (Å²) in [6.45, 7) is 10.4. The summed E-state index contributed by atoms with van der Waals surface area (Å²) in [5, 5.41) is 8.30. The molecule has 27 heavy (non-hydrogen) atoms. The minimum atomic E-state index is -0.0624. The van der Waals surface area contributed by atoms with E-state index in [1.807, 2.05) is 4.68 Å². The predicted molar refractivity (Wildman–Crippen MR) is 104 cm³/mol. The quantitative estimate of drug-likeness (QED) is 0.849. The van der Waals surface area contributed by atoms with Gasteiger partial charge in [-0.05, 0) is 29.7 Å². The zero-order chi connectivity index (χ0) is 19.0. The molecule has 0 radical (unpaired) electrons. The third-order valence-corrected chi connectivity index (χ3v) is 5.38. The van der Waals surface area contributed by atoms with Crippen LogP contribution in [0.15, 0.2) is 36.9 Å². The molecule has 2 aromatic rings. The second kappa shape index (κ2) is 7.19. The number of nitrogens with zero attached hydrogens (tertiary/aromatic N) is 3. The van der Waals surface area contributed by atoms with Gasteiger partial charge >= 0.3 is 0 Å². The van der Waals surface area contributed by atoms with E-state index in [0.29, 0.717) is 31.5 Å². The zero-order valence-corrected chi connectivity index (χ0v) is 15.9. The molecule has 6 nitrogen and oxygen atoms in total. The summed E-state index contributed by atoms with van der Waals surface area (Å²) in [7, 11) is 0. The van der Waals surface area contributed by atoms with Gasteiger partial charge in [-0.1, -0.05) is 32.6 Å². The molecule has 142 valence electrons. The smallest absolute Gasteiger partial charge is 0.246 e. The van der Waals surface area contributed by atoms with Crippen LogP contribution in [0.25, 0.3) is 5.69 Å². The Kier molecular flexibility index (Phi) is 4.74. The maximum atomic E-state index is 12.1. The van der Waals surface area contributed by atoms with Gasteiger partial charge < -0.3 is 15.0 Å². The number of benzene rings is 1. The van der Waals surface area contributed by atoms with Gasteiger partial charge in [0.15, 0.2) is 0 Å². The van der Waals surface area contributed by atoms with Crippen molar-refractivity contribution in [1.29, 1.82) is 0 Å². The van der Waals surface area contributed by atoms with Gasteiger partial charge in [-0.2, -0.15) is 0 Å². The number of hydrogen-bond acceptors (Lipinski definition) is 4. The van der Waals surface area contributed by atoms with Crippen molar-refractivity contribution < 1.29 is 9.53 Å². The fraction of sp³-hybridized carbons (Fsp3) is 0.429. The molecule has 4 rings (SSSR count). The number of carbonyl (C=O) groups is 1. The van der Waals surface area contributed by atoms with Gasteiger partial charge in [0.2, 0.25) is 11.8 Å². The maximum Gasteiger partial charge on any atom is 0.246 e. The highest BCUT2D eigenvalue weighted by Gasteiger charge is 2.33. The Morgan fingerprint density at radius 2 is 2.15 bits per heavy atom. The highest BCUT2D eigenvalue weighted by atomic mass is 16.5. The highest BCUT2D eigenvalue weighted by molar-refractivity contribution is 5.87. The lowest BCUT2D eigenvalue weighted by molar-refractivity contribution is -0.127. The van der Waals surface area contributed by atoms with E-state index >= 15 is 0 Å². The van der Waals surface area contributed by atoms with E-state index in [1.165, 1.54) is 17.3 Å². The first-order valence-electron chi connectivity index (χ1n) is 9.58. The van der Waals surface area contributed by atoms with E-state index in [-0.39, 0.29) is 11.9 Å². The number of carbonyl (C=O) groups excluding carboxylic acids is 1. The van der Waals surface area contributed by atoms with Crippen LogP contribution in [0.4, 0.5) is 0 Å². The van der Waals surface area contributed by atoms with Gasteiger partial charge in [0.25, 0.3) is 0 Å². The fourth-order valence-corrected chi connectivity index (χ4v) is 3.87. The van der Waals surface area contributed by atoms with Gasteiger partial charge in [-0.25, -0.2) is 4.68 Å². The van der Waals surface area contributed by atoms with Gasteiger partial charge in [-0.3, -0.25) is 4.79 Å². The van der Waals surface area contributed by atoms with Crippen LogP contribution in [-0.4, -0.2) is 46.8 Å². The van der Waals surface area contributed by atoms with Crippen molar-refractivity contribution in [1.82, 2.24) is 20.0 Å². The molecule has 0 saturated carbocycles. The van der Waals surface area contributed by atoms with E-state index in [0.717, 1.165) is 24.2 Å². The van der Waals surface area contributed by atoms with Crippen molar-refractivity contribution in [2.45, 2.75) is 32.2 Å². The molecular weight excluding hydrogens is 340 g/mol. The first-order valence-corrected chi connectivity index (χ1v) is 9.58.